The smallest absolute Gasteiger partial charge is 0.0506 e. The van der Waals surface area contributed by atoms with Gasteiger partial charge in [-0.3, -0.25) is 0 Å². The molecule has 2 rings (SSSR count). The van der Waals surface area contributed by atoms with Gasteiger partial charge in [-0.05, 0) is 56.5 Å². The molecular weight excluding hydrogens is 248 g/mol. The normalized spacial score (nSPS) is 33.8. The summed E-state index contributed by atoms with van der Waals surface area (Å²) in [6, 6.07) is 0.678. The van der Waals surface area contributed by atoms with E-state index in [4.69, 9.17) is 4.74 Å². The van der Waals surface area contributed by atoms with Crippen molar-refractivity contribution in [3.8, 4) is 0 Å². The van der Waals surface area contributed by atoms with Crippen LogP contribution in [0.2, 0.25) is 0 Å². The molecule has 0 spiro atoms. The van der Waals surface area contributed by atoms with Crippen molar-refractivity contribution in [2.24, 2.45) is 17.3 Å². The highest BCUT2D eigenvalue weighted by Gasteiger charge is 2.41. The molecule has 118 valence electrons. The first-order valence-corrected chi connectivity index (χ1v) is 8.52. The monoisotopic (exact) mass is 282 g/mol. The van der Waals surface area contributed by atoms with Gasteiger partial charge in [0.25, 0.3) is 0 Å². The van der Waals surface area contributed by atoms with Crippen LogP contribution in [0.25, 0.3) is 0 Å². The van der Waals surface area contributed by atoms with Gasteiger partial charge in [0.1, 0.15) is 0 Å². The Balaban J connectivity index is 1.81. The first-order valence-electron chi connectivity index (χ1n) is 8.52. The summed E-state index contributed by atoms with van der Waals surface area (Å²) in [6.45, 7) is 12.5. The lowest BCUT2D eigenvalue weighted by molar-refractivity contribution is 0.0393. The molecule has 0 aromatic rings. The highest BCUT2D eigenvalue weighted by molar-refractivity contribution is 4.96. The van der Waals surface area contributed by atoms with Crippen molar-refractivity contribution in [2.45, 2.75) is 52.5 Å². The van der Waals surface area contributed by atoms with Crippen molar-refractivity contribution in [1.29, 1.82) is 0 Å². The third kappa shape index (κ3) is 4.19. The molecule has 1 saturated heterocycles. The molecule has 3 heteroatoms. The van der Waals surface area contributed by atoms with E-state index in [1.165, 1.54) is 38.8 Å². The predicted octanol–water partition coefficient (Wildman–Crippen LogP) is 2.76. The van der Waals surface area contributed by atoms with Crippen molar-refractivity contribution < 1.29 is 4.74 Å². The SMILES string of the molecule is CCNC1C(CN(C)CC2CCCOC2)CCC1(C)C. The first kappa shape index (κ1) is 16.3. The van der Waals surface area contributed by atoms with Crippen LogP contribution in [-0.4, -0.2) is 50.8 Å². The van der Waals surface area contributed by atoms with E-state index in [1.54, 1.807) is 0 Å². The lowest BCUT2D eigenvalue weighted by Gasteiger charge is -2.34. The Bertz CT molecular complexity index is 287. The maximum Gasteiger partial charge on any atom is 0.0506 e. The molecule has 1 heterocycles. The van der Waals surface area contributed by atoms with Crippen LogP contribution in [0.4, 0.5) is 0 Å². The first-order chi connectivity index (χ1) is 9.53. The number of hydrogen-bond donors (Lipinski definition) is 1. The lowest BCUT2D eigenvalue weighted by atomic mass is 9.84. The summed E-state index contributed by atoms with van der Waals surface area (Å²) >= 11 is 0. The molecule has 1 N–H and O–H groups in total. The molecule has 0 amide bonds. The zero-order valence-corrected chi connectivity index (χ0v) is 14.0. The summed E-state index contributed by atoms with van der Waals surface area (Å²) in [6.07, 6.45) is 5.32. The zero-order chi connectivity index (χ0) is 14.6. The minimum absolute atomic E-state index is 0.454. The molecule has 2 fully saturated rings. The minimum atomic E-state index is 0.454. The summed E-state index contributed by atoms with van der Waals surface area (Å²) in [5, 5.41) is 3.74. The topological polar surface area (TPSA) is 24.5 Å². The summed E-state index contributed by atoms with van der Waals surface area (Å²) in [7, 11) is 2.29. The van der Waals surface area contributed by atoms with Crippen molar-refractivity contribution in [1.82, 2.24) is 10.2 Å². The van der Waals surface area contributed by atoms with E-state index in [-0.39, 0.29) is 0 Å². The number of ether oxygens (including phenoxy) is 1. The van der Waals surface area contributed by atoms with E-state index in [0.29, 0.717) is 11.5 Å². The second kappa shape index (κ2) is 7.24. The van der Waals surface area contributed by atoms with Gasteiger partial charge in [-0.25, -0.2) is 0 Å². The molecular formula is C17H34N2O. The molecule has 3 unspecified atom stereocenters. The van der Waals surface area contributed by atoms with Crippen molar-refractivity contribution >= 4 is 0 Å². The molecule has 3 nitrogen and oxygen atoms in total. The van der Waals surface area contributed by atoms with Gasteiger partial charge in [0.15, 0.2) is 0 Å². The van der Waals surface area contributed by atoms with Crippen LogP contribution < -0.4 is 5.32 Å². The summed E-state index contributed by atoms with van der Waals surface area (Å²) in [4.78, 5) is 2.55. The van der Waals surface area contributed by atoms with Crippen LogP contribution in [0.5, 0.6) is 0 Å². The summed E-state index contributed by atoms with van der Waals surface area (Å²) < 4.78 is 5.61. The second-order valence-electron chi connectivity index (χ2n) is 7.63. The quantitative estimate of drug-likeness (QED) is 0.811. The molecule has 2 aliphatic rings. The highest BCUT2D eigenvalue weighted by Crippen LogP contribution is 2.41. The molecule has 1 saturated carbocycles. The van der Waals surface area contributed by atoms with E-state index in [9.17, 15) is 0 Å². The van der Waals surface area contributed by atoms with Gasteiger partial charge in [0.05, 0.1) is 6.61 Å². The van der Waals surface area contributed by atoms with Crippen LogP contribution in [0.15, 0.2) is 0 Å². The maximum absolute atomic E-state index is 5.61. The fourth-order valence-electron chi connectivity index (χ4n) is 4.24. The lowest BCUT2D eigenvalue weighted by Crippen LogP contribution is -2.45. The molecule has 3 atom stereocenters. The van der Waals surface area contributed by atoms with Gasteiger partial charge in [0, 0.05) is 25.7 Å². The molecule has 0 bridgehead atoms. The van der Waals surface area contributed by atoms with E-state index in [0.717, 1.165) is 31.6 Å². The van der Waals surface area contributed by atoms with Crippen LogP contribution in [-0.2, 0) is 4.74 Å². The van der Waals surface area contributed by atoms with Crippen molar-refractivity contribution in [3.63, 3.8) is 0 Å². The second-order valence-corrected chi connectivity index (χ2v) is 7.63. The van der Waals surface area contributed by atoms with Gasteiger partial charge in [-0.1, -0.05) is 20.8 Å². The van der Waals surface area contributed by atoms with Crippen LogP contribution in [0.3, 0.4) is 0 Å². The van der Waals surface area contributed by atoms with Crippen molar-refractivity contribution in [2.75, 3.05) is 39.9 Å². The largest absolute Gasteiger partial charge is 0.381 e. The number of hydrogen-bond acceptors (Lipinski definition) is 3. The number of nitrogens with one attached hydrogen (secondary N) is 1. The fourth-order valence-corrected chi connectivity index (χ4v) is 4.24. The van der Waals surface area contributed by atoms with Gasteiger partial charge < -0.3 is 15.0 Å². The summed E-state index contributed by atoms with van der Waals surface area (Å²) in [5.41, 5.74) is 0.454. The molecule has 0 radical (unpaired) electrons. The van der Waals surface area contributed by atoms with E-state index >= 15 is 0 Å². The Hall–Kier alpha value is -0.120. The van der Waals surface area contributed by atoms with Crippen LogP contribution in [0.1, 0.15) is 46.5 Å². The summed E-state index contributed by atoms with van der Waals surface area (Å²) in [5.74, 6) is 1.56. The van der Waals surface area contributed by atoms with Gasteiger partial charge >= 0.3 is 0 Å². The zero-order valence-electron chi connectivity index (χ0n) is 14.0. The molecule has 20 heavy (non-hydrogen) atoms. The van der Waals surface area contributed by atoms with Crippen LogP contribution >= 0.6 is 0 Å². The minimum Gasteiger partial charge on any atom is -0.381 e. The number of nitrogens with zero attached hydrogens (tertiary/aromatic N) is 1. The third-order valence-electron chi connectivity index (χ3n) is 5.27. The average molecular weight is 282 g/mol. The molecule has 1 aliphatic heterocycles. The highest BCUT2D eigenvalue weighted by atomic mass is 16.5. The Kier molecular flexibility index (Phi) is 5.88. The van der Waals surface area contributed by atoms with Gasteiger partial charge in [-0.15, -0.1) is 0 Å². The van der Waals surface area contributed by atoms with Crippen LogP contribution in [0, 0.1) is 17.3 Å². The predicted molar refractivity (Wildman–Crippen MR) is 85.0 cm³/mol. The molecule has 0 aromatic carbocycles. The van der Waals surface area contributed by atoms with Gasteiger partial charge in [-0.2, -0.15) is 0 Å². The van der Waals surface area contributed by atoms with Gasteiger partial charge in [0.2, 0.25) is 0 Å². The fraction of sp³-hybridized carbons (Fsp3) is 1.00. The third-order valence-corrected chi connectivity index (χ3v) is 5.27. The van der Waals surface area contributed by atoms with Crippen molar-refractivity contribution in [3.05, 3.63) is 0 Å². The van der Waals surface area contributed by atoms with E-state index in [1.807, 2.05) is 0 Å². The Labute approximate surface area is 125 Å². The average Bonchev–Trinajstić information content (AvgIpc) is 2.68. The standard InChI is InChI=1S/C17H34N2O/c1-5-18-16-15(8-9-17(16,2)3)12-19(4)11-14-7-6-10-20-13-14/h14-16,18H,5-13H2,1-4H3. The molecule has 1 aliphatic carbocycles. The van der Waals surface area contributed by atoms with E-state index < -0.39 is 0 Å². The Morgan fingerprint density at radius 3 is 2.70 bits per heavy atom. The number of rotatable bonds is 6. The Morgan fingerprint density at radius 1 is 1.25 bits per heavy atom. The molecule has 0 aromatic heterocycles. The van der Waals surface area contributed by atoms with E-state index in [2.05, 4.69) is 38.0 Å². The Morgan fingerprint density at radius 2 is 2.05 bits per heavy atom. The maximum atomic E-state index is 5.61.